The van der Waals surface area contributed by atoms with E-state index in [1.807, 2.05) is 4.68 Å². The Morgan fingerprint density at radius 2 is 2.23 bits per heavy atom. The van der Waals surface area contributed by atoms with E-state index in [9.17, 15) is 0 Å². The number of rotatable bonds is 3. The normalized spacial score (nSPS) is 16.9. The summed E-state index contributed by atoms with van der Waals surface area (Å²) in [5, 5.41) is 4.19. The summed E-state index contributed by atoms with van der Waals surface area (Å²) >= 11 is 6.58. The van der Waals surface area contributed by atoms with Gasteiger partial charge in [-0.05, 0) is 51.7 Å². The predicted molar refractivity (Wildman–Crippen MR) is 56.2 cm³/mol. The van der Waals surface area contributed by atoms with Crippen LogP contribution in [0, 0.1) is 0 Å². The maximum Gasteiger partial charge on any atom is 0.218 e. The average molecular weight is 310 g/mol. The third kappa shape index (κ3) is 2.30. The molecule has 13 heavy (non-hydrogen) atoms. The van der Waals surface area contributed by atoms with Gasteiger partial charge in [-0.1, -0.05) is 0 Å². The Morgan fingerprint density at radius 1 is 1.54 bits per heavy atom. The van der Waals surface area contributed by atoms with Crippen LogP contribution in [0.3, 0.4) is 0 Å². The van der Waals surface area contributed by atoms with Crippen LogP contribution < -0.4 is 0 Å². The van der Waals surface area contributed by atoms with Crippen LogP contribution >= 0.6 is 31.9 Å². The van der Waals surface area contributed by atoms with Gasteiger partial charge in [-0.2, -0.15) is 4.98 Å². The minimum atomic E-state index is 0.628. The second-order valence-corrected chi connectivity index (χ2v) is 4.70. The van der Waals surface area contributed by atoms with Crippen LogP contribution in [0.5, 0.6) is 0 Å². The molecule has 1 saturated carbocycles. The second kappa shape index (κ2) is 3.67. The van der Waals surface area contributed by atoms with Gasteiger partial charge in [0.15, 0.2) is 4.73 Å². The lowest BCUT2D eigenvalue weighted by molar-refractivity contribution is 0.241. The van der Waals surface area contributed by atoms with Crippen molar-refractivity contribution in [1.29, 1.82) is 0 Å². The number of hydrogen-bond donors (Lipinski definition) is 0. The van der Waals surface area contributed by atoms with E-state index in [-0.39, 0.29) is 0 Å². The number of nitrogens with zero attached hydrogens (tertiary/aromatic N) is 4. The maximum absolute atomic E-state index is 4.19. The molecule has 4 nitrogen and oxygen atoms in total. The molecular formula is C7H10Br2N4. The summed E-state index contributed by atoms with van der Waals surface area (Å²) in [6.07, 6.45) is 2.62. The smallest absolute Gasteiger partial charge is 0.218 e. The van der Waals surface area contributed by atoms with E-state index in [2.05, 4.69) is 53.9 Å². The van der Waals surface area contributed by atoms with E-state index in [1.54, 1.807) is 0 Å². The largest absolute Gasteiger partial charge is 0.284 e. The molecule has 0 amide bonds. The topological polar surface area (TPSA) is 34.0 Å². The minimum absolute atomic E-state index is 0.628. The van der Waals surface area contributed by atoms with E-state index in [0.717, 1.165) is 17.4 Å². The molecule has 1 aromatic heterocycles. The molecule has 0 N–H and O–H groups in total. The third-order valence-corrected chi connectivity index (χ3v) is 3.05. The first-order valence-electron chi connectivity index (χ1n) is 4.13. The van der Waals surface area contributed by atoms with Crippen molar-refractivity contribution in [1.82, 2.24) is 19.7 Å². The molecule has 0 saturated heterocycles. The molecule has 1 aliphatic carbocycles. The minimum Gasteiger partial charge on any atom is -0.284 e. The molecule has 1 heterocycles. The molecule has 0 unspecified atom stereocenters. The molecule has 72 valence electrons. The van der Waals surface area contributed by atoms with Gasteiger partial charge < -0.3 is 0 Å². The molecule has 1 fully saturated rings. The lowest BCUT2D eigenvalue weighted by Gasteiger charge is -2.15. The molecule has 0 bridgehead atoms. The summed E-state index contributed by atoms with van der Waals surface area (Å²) in [5.74, 6) is 0. The van der Waals surface area contributed by atoms with Crippen LogP contribution in [0.2, 0.25) is 0 Å². The number of aromatic nitrogens is 3. The van der Waals surface area contributed by atoms with Gasteiger partial charge in [0.1, 0.15) is 0 Å². The summed E-state index contributed by atoms with van der Waals surface area (Å²) in [5.41, 5.74) is 0. The van der Waals surface area contributed by atoms with Crippen LogP contribution in [0.15, 0.2) is 9.47 Å². The maximum atomic E-state index is 4.19. The Morgan fingerprint density at radius 3 is 2.69 bits per heavy atom. The van der Waals surface area contributed by atoms with Crippen molar-refractivity contribution in [3.05, 3.63) is 9.47 Å². The zero-order valence-electron chi connectivity index (χ0n) is 7.24. The fraction of sp³-hybridized carbons (Fsp3) is 0.714. The Kier molecular flexibility index (Phi) is 2.71. The first kappa shape index (κ1) is 9.61. The van der Waals surface area contributed by atoms with E-state index in [0.29, 0.717) is 4.73 Å². The van der Waals surface area contributed by atoms with Crippen molar-refractivity contribution in [3.8, 4) is 0 Å². The summed E-state index contributed by atoms with van der Waals surface area (Å²) in [7, 11) is 2.11. The van der Waals surface area contributed by atoms with E-state index in [4.69, 9.17) is 0 Å². The predicted octanol–water partition coefficient (Wildman–Crippen LogP) is 1.85. The Bertz CT molecular complexity index is 307. The first-order chi connectivity index (χ1) is 6.16. The van der Waals surface area contributed by atoms with Crippen molar-refractivity contribution in [3.63, 3.8) is 0 Å². The zero-order valence-corrected chi connectivity index (χ0v) is 10.4. The SMILES string of the molecule is CN(Cn1nc(Br)nc1Br)C1CC1. The molecule has 0 aliphatic heterocycles. The van der Waals surface area contributed by atoms with Gasteiger partial charge in [0.25, 0.3) is 0 Å². The molecular weight excluding hydrogens is 300 g/mol. The van der Waals surface area contributed by atoms with Gasteiger partial charge in [-0.25, -0.2) is 4.68 Å². The quantitative estimate of drug-likeness (QED) is 0.854. The molecule has 0 spiro atoms. The standard InChI is InChI=1S/C7H10Br2N4/c1-12(5-2-3-5)4-13-7(9)10-6(8)11-13/h5H,2-4H2,1H3. The molecule has 0 atom stereocenters. The van der Waals surface area contributed by atoms with E-state index >= 15 is 0 Å². The van der Waals surface area contributed by atoms with Crippen LogP contribution in [0.25, 0.3) is 0 Å². The lowest BCUT2D eigenvalue weighted by Crippen LogP contribution is -2.24. The molecule has 6 heteroatoms. The van der Waals surface area contributed by atoms with Gasteiger partial charge in [-0.3, -0.25) is 4.90 Å². The number of hydrogen-bond acceptors (Lipinski definition) is 3. The molecule has 0 aromatic carbocycles. The molecule has 0 radical (unpaired) electrons. The summed E-state index contributed by atoms with van der Waals surface area (Å²) in [6, 6.07) is 0.745. The molecule has 1 aromatic rings. The van der Waals surface area contributed by atoms with Crippen LogP contribution in [-0.4, -0.2) is 32.8 Å². The monoisotopic (exact) mass is 308 g/mol. The summed E-state index contributed by atoms with van der Waals surface area (Å²) < 4.78 is 3.23. The lowest BCUT2D eigenvalue weighted by atomic mass is 10.6. The summed E-state index contributed by atoms with van der Waals surface area (Å²) in [6.45, 7) is 0.795. The van der Waals surface area contributed by atoms with Crippen molar-refractivity contribution >= 4 is 31.9 Å². The Labute approximate surface area is 93.6 Å². The highest BCUT2D eigenvalue weighted by molar-refractivity contribution is 9.11. The molecule has 1 aliphatic rings. The van der Waals surface area contributed by atoms with Crippen LogP contribution in [-0.2, 0) is 6.67 Å². The van der Waals surface area contributed by atoms with Crippen molar-refractivity contribution < 1.29 is 0 Å². The van der Waals surface area contributed by atoms with Crippen LogP contribution in [0.1, 0.15) is 12.8 Å². The Balaban J connectivity index is 2.03. The van der Waals surface area contributed by atoms with Crippen molar-refractivity contribution in [2.24, 2.45) is 0 Å². The highest BCUT2D eigenvalue weighted by Gasteiger charge is 2.26. The Hall–Kier alpha value is 0.0600. The van der Waals surface area contributed by atoms with E-state index < -0.39 is 0 Å². The van der Waals surface area contributed by atoms with Gasteiger partial charge in [-0.15, -0.1) is 5.10 Å². The highest BCUT2D eigenvalue weighted by Crippen LogP contribution is 2.26. The summed E-state index contributed by atoms with van der Waals surface area (Å²) in [4.78, 5) is 6.39. The third-order valence-electron chi connectivity index (χ3n) is 2.13. The van der Waals surface area contributed by atoms with Gasteiger partial charge in [0.05, 0.1) is 6.67 Å². The highest BCUT2D eigenvalue weighted by atomic mass is 79.9. The fourth-order valence-corrected chi connectivity index (χ4v) is 2.19. The first-order valence-corrected chi connectivity index (χ1v) is 5.71. The van der Waals surface area contributed by atoms with E-state index in [1.165, 1.54) is 12.8 Å². The van der Waals surface area contributed by atoms with Crippen molar-refractivity contribution in [2.45, 2.75) is 25.6 Å². The fourth-order valence-electron chi connectivity index (χ4n) is 1.23. The van der Waals surface area contributed by atoms with Gasteiger partial charge >= 0.3 is 0 Å². The average Bonchev–Trinajstić information content (AvgIpc) is 2.81. The number of halogens is 2. The van der Waals surface area contributed by atoms with Gasteiger partial charge in [0.2, 0.25) is 4.73 Å². The van der Waals surface area contributed by atoms with Crippen LogP contribution in [0.4, 0.5) is 0 Å². The van der Waals surface area contributed by atoms with Crippen molar-refractivity contribution in [2.75, 3.05) is 7.05 Å². The van der Waals surface area contributed by atoms with Gasteiger partial charge in [0, 0.05) is 6.04 Å². The molecule has 2 rings (SSSR count). The second-order valence-electron chi connectivity index (χ2n) is 3.28. The zero-order chi connectivity index (χ0) is 9.42.